The molecule has 3 rings (SSSR count). The first kappa shape index (κ1) is 21.5. The van der Waals surface area contributed by atoms with Gasteiger partial charge in [-0.15, -0.1) is 0 Å². The van der Waals surface area contributed by atoms with E-state index in [4.69, 9.17) is 10.5 Å². The standard InChI is InChI=1S/C22H26FN5O2/c1-30-19-10-6-5-9-16(19)18(14-24)28(20-11-12-26-22(23)27-20)17(21(25)29)13-15-7-3-2-4-8-15/h5-6,9-12,15,17-18H,2-4,7-8,13H2,1H3,(H2,25,29)/t17-,18?/m0/s1. The predicted molar refractivity (Wildman–Crippen MR) is 110 cm³/mol. The van der Waals surface area contributed by atoms with Crippen LogP contribution < -0.4 is 15.4 Å². The molecule has 0 spiro atoms. The maximum absolute atomic E-state index is 13.9. The number of carbonyl (C=O) groups is 1. The largest absolute Gasteiger partial charge is 0.496 e. The van der Waals surface area contributed by atoms with Crippen molar-refractivity contribution in [3.05, 3.63) is 48.2 Å². The number of rotatable bonds is 8. The van der Waals surface area contributed by atoms with Gasteiger partial charge in [-0.1, -0.05) is 50.3 Å². The summed E-state index contributed by atoms with van der Waals surface area (Å²) in [6, 6.07) is 9.01. The second kappa shape index (κ2) is 10.0. The van der Waals surface area contributed by atoms with Gasteiger partial charge in [0.1, 0.15) is 23.7 Å². The molecule has 1 saturated carbocycles. The maximum atomic E-state index is 13.9. The van der Waals surface area contributed by atoms with Crippen LogP contribution in [0.3, 0.4) is 0 Å². The van der Waals surface area contributed by atoms with Gasteiger partial charge in [-0.05, 0) is 24.5 Å². The van der Waals surface area contributed by atoms with E-state index >= 15 is 0 Å². The highest BCUT2D eigenvalue weighted by Crippen LogP contribution is 2.36. The molecule has 0 aliphatic heterocycles. The Morgan fingerprint density at radius 1 is 1.33 bits per heavy atom. The fourth-order valence-electron chi connectivity index (χ4n) is 4.22. The van der Waals surface area contributed by atoms with E-state index in [0.29, 0.717) is 23.7 Å². The smallest absolute Gasteiger partial charge is 0.310 e. The summed E-state index contributed by atoms with van der Waals surface area (Å²) < 4.78 is 19.3. The van der Waals surface area contributed by atoms with Crippen LogP contribution in [0.5, 0.6) is 5.75 Å². The Hall–Kier alpha value is -3.21. The zero-order chi connectivity index (χ0) is 21.5. The minimum Gasteiger partial charge on any atom is -0.496 e. The lowest BCUT2D eigenvalue weighted by molar-refractivity contribution is -0.119. The van der Waals surface area contributed by atoms with Crippen molar-refractivity contribution in [3.8, 4) is 11.8 Å². The van der Waals surface area contributed by atoms with E-state index in [2.05, 4.69) is 16.0 Å². The van der Waals surface area contributed by atoms with Crippen LogP contribution >= 0.6 is 0 Å². The lowest BCUT2D eigenvalue weighted by Crippen LogP contribution is -2.48. The molecule has 1 unspecified atom stereocenters. The molecule has 0 radical (unpaired) electrons. The second-order valence-electron chi connectivity index (χ2n) is 7.52. The summed E-state index contributed by atoms with van der Waals surface area (Å²) in [7, 11) is 1.51. The lowest BCUT2D eigenvalue weighted by Gasteiger charge is -2.37. The second-order valence-corrected chi connectivity index (χ2v) is 7.52. The SMILES string of the molecule is COc1ccccc1C(C#N)N(c1ccnc(F)n1)[C@@H](CC1CCCCC1)C(N)=O. The monoisotopic (exact) mass is 411 g/mol. The molecular weight excluding hydrogens is 385 g/mol. The first-order valence-corrected chi connectivity index (χ1v) is 10.1. The molecule has 7 nitrogen and oxygen atoms in total. The molecule has 2 atom stereocenters. The number of methoxy groups -OCH3 is 1. The highest BCUT2D eigenvalue weighted by molar-refractivity contribution is 5.84. The zero-order valence-electron chi connectivity index (χ0n) is 17.0. The van der Waals surface area contributed by atoms with Gasteiger partial charge >= 0.3 is 6.08 Å². The van der Waals surface area contributed by atoms with Crippen molar-refractivity contribution >= 4 is 11.7 Å². The van der Waals surface area contributed by atoms with Gasteiger partial charge in [0.2, 0.25) is 5.91 Å². The number of nitriles is 1. The Balaban J connectivity index is 2.08. The van der Waals surface area contributed by atoms with Gasteiger partial charge in [-0.25, -0.2) is 4.98 Å². The number of nitrogens with two attached hydrogens (primary N) is 1. The minimum atomic E-state index is -0.948. The molecule has 158 valence electrons. The number of anilines is 1. The van der Waals surface area contributed by atoms with E-state index < -0.39 is 24.1 Å². The van der Waals surface area contributed by atoms with Crippen LogP contribution in [-0.4, -0.2) is 29.0 Å². The summed E-state index contributed by atoms with van der Waals surface area (Å²) in [5.74, 6) is 0.362. The fraction of sp³-hybridized carbons (Fsp3) is 0.455. The molecule has 1 fully saturated rings. The summed E-state index contributed by atoms with van der Waals surface area (Å²) in [5.41, 5.74) is 6.37. The average molecular weight is 411 g/mol. The van der Waals surface area contributed by atoms with E-state index in [1.165, 1.54) is 30.7 Å². The van der Waals surface area contributed by atoms with Crippen LogP contribution in [0, 0.1) is 23.3 Å². The maximum Gasteiger partial charge on any atom is 0.310 e. The lowest BCUT2D eigenvalue weighted by atomic mass is 9.84. The van der Waals surface area contributed by atoms with Crippen LogP contribution in [-0.2, 0) is 4.79 Å². The van der Waals surface area contributed by atoms with Gasteiger partial charge < -0.3 is 15.4 Å². The van der Waals surface area contributed by atoms with Crippen LogP contribution in [0.4, 0.5) is 10.2 Å². The number of aromatic nitrogens is 2. The van der Waals surface area contributed by atoms with Crippen molar-refractivity contribution < 1.29 is 13.9 Å². The zero-order valence-corrected chi connectivity index (χ0v) is 17.0. The Bertz CT molecular complexity index is 910. The normalized spacial score (nSPS) is 16.3. The number of benzene rings is 1. The molecule has 1 heterocycles. The summed E-state index contributed by atoms with van der Waals surface area (Å²) in [6.45, 7) is 0. The molecular formula is C22H26FN5O2. The quantitative estimate of drug-likeness (QED) is 0.666. The summed E-state index contributed by atoms with van der Waals surface area (Å²) in [6.07, 6.45) is 6.20. The number of para-hydroxylation sites is 1. The van der Waals surface area contributed by atoms with E-state index in [9.17, 15) is 14.4 Å². The summed E-state index contributed by atoms with van der Waals surface area (Å²) in [5, 5.41) is 10.1. The van der Waals surface area contributed by atoms with Gasteiger partial charge in [0.15, 0.2) is 0 Å². The molecule has 30 heavy (non-hydrogen) atoms. The van der Waals surface area contributed by atoms with Crippen LogP contribution in [0.2, 0.25) is 0 Å². The number of hydrogen-bond acceptors (Lipinski definition) is 6. The third-order valence-electron chi connectivity index (χ3n) is 5.66. The van der Waals surface area contributed by atoms with Crippen molar-refractivity contribution in [2.45, 2.75) is 50.6 Å². The van der Waals surface area contributed by atoms with Crippen molar-refractivity contribution in [1.82, 2.24) is 9.97 Å². The third kappa shape index (κ3) is 4.85. The third-order valence-corrected chi connectivity index (χ3v) is 5.66. The number of hydrogen-bond donors (Lipinski definition) is 1. The average Bonchev–Trinajstić information content (AvgIpc) is 2.76. The van der Waals surface area contributed by atoms with E-state index in [1.54, 1.807) is 24.3 Å². The van der Waals surface area contributed by atoms with Gasteiger partial charge in [-0.3, -0.25) is 4.79 Å². The van der Waals surface area contributed by atoms with Crippen molar-refractivity contribution in [3.63, 3.8) is 0 Å². The molecule has 2 aromatic rings. The van der Waals surface area contributed by atoms with Gasteiger partial charge in [0.05, 0.1) is 13.2 Å². The van der Waals surface area contributed by atoms with Crippen molar-refractivity contribution in [2.75, 3.05) is 12.0 Å². The van der Waals surface area contributed by atoms with Crippen LogP contribution in [0.25, 0.3) is 0 Å². The molecule has 1 aromatic carbocycles. The van der Waals surface area contributed by atoms with Gasteiger partial charge in [-0.2, -0.15) is 14.6 Å². The molecule has 1 aliphatic carbocycles. The van der Waals surface area contributed by atoms with Crippen LogP contribution in [0.1, 0.15) is 50.1 Å². The number of primary amides is 1. The van der Waals surface area contributed by atoms with E-state index in [0.717, 1.165) is 25.7 Å². The molecule has 8 heteroatoms. The Morgan fingerprint density at radius 2 is 2.07 bits per heavy atom. The van der Waals surface area contributed by atoms with Crippen LogP contribution in [0.15, 0.2) is 36.5 Å². The molecule has 1 amide bonds. The minimum absolute atomic E-state index is 0.138. The van der Waals surface area contributed by atoms with Gasteiger partial charge in [0.25, 0.3) is 0 Å². The molecule has 0 bridgehead atoms. The Morgan fingerprint density at radius 3 is 2.70 bits per heavy atom. The number of ether oxygens (including phenoxy) is 1. The summed E-state index contributed by atoms with van der Waals surface area (Å²) in [4.78, 5) is 21.5. The van der Waals surface area contributed by atoms with Crippen molar-refractivity contribution in [1.29, 1.82) is 5.26 Å². The number of halogens is 1. The Kier molecular flexibility index (Phi) is 7.17. The number of nitrogens with zero attached hydrogens (tertiary/aromatic N) is 4. The highest BCUT2D eigenvalue weighted by Gasteiger charge is 2.36. The predicted octanol–water partition coefficient (Wildman–Crippen LogP) is 3.52. The van der Waals surface area contributed by atoms with E-state index in [-0.39, 0.29) is 5.82 Å². The number of carbonyl (C=O) groups excluding carboxylic acids is 1. The highest BCUT2D eigenvalue weighted by atomic mass is 19.1. The number of amides is 1. The topological polar surface area (TPSA) is 105 Å². The molecule has 0 saturated heterocycles. The van der Waals surface area contributed by atoms with Crippen molar-refractivity contribution in [2.24, 2.45) is 11.7 Å². The summed E-state index contributed by atoms with van der Waals surface area (Å²) >= 11 is 0. The first-order valence-electron chi connectivity index (χ1n) is 10.1. The fourth-order valence-corrected chi connectivity index (χ4v) is 4.22. The van der Waals surface area contributed by atoms with E-state index in [1.807, 2.05) is 0 Å². The Labute approximate surface area is 175 Å². The van der Waals surface area contributed by atoms with Gasteiger partial charge in [0, 0.05) is 11.8 Å². The first-order chi connectivity index (χ1) is 14.5. The molecule has 1 aromatic heterocycles. The molecule has 1 aliphatic rings. The molecule has 2 N–H and O–H groups in total.